The van der Waals surface area contributed by atoms with Gasteiger partial charge in [-0.25, -0.2) is 0 Å². The number of anilines is 3. The number of nitrogens with one attached hydrogen (secondary N) is 1. The first-order chi connectivity index (χ1) is 10.1. The number of para-hydroxylation sites is 1. The zero-order valence-electron chi connectivity index (χ0n) is 12.0. The van der Waals surface area contributed by atoms with Crippen LogP contribution in [0.25, 0.3) is 0 Å². The van der Waals surface area contributed by atoms with Crippen LogP contribution in [0.3, 0.4) is 0 Å². The van der Waals surface area contributed by atoms with E-state index in [0.29, 0.717) is 5.69 Å². The van der Waals surface area contributed by atoms with E-state index in [2.05, 4.69) is 22.3 Å². The molecule has 4 heteroatoms. The summed E-state index contributed by atoms with van der Waals surface area (Å²) >= 11 is 0. The molecule has 3 rings (SSSR count). The Morgan fingerprint density at radius 1 is 1.24 bits per heavy atom. The molecule has 2 aromatic rings. The van der Waals surface area contributed by atoms with Crippen LogP contribution in [0.2, 0.25) is 0 Å². The molecular formula is C17H19N3O. The fourth-order valence-electron chi connectivity index (χ4n) is 2.77. The number of amides is 1. The van der Waals surface area contributed by atoms with Crippen molar-refractivity contribution >= 4 is 23.0 Å². The summed E-state index contributed by atoms with van der Waals surface area (Å²) in [6, 6.07) is 15.3. The average molecular weight is 281 g/mol. The Labute approximate surface area is 124 Å². The molecule has 1 unspecified atom stereocenters. The van der Waals surface area contributed by atoms with E-state index in [1.165, 1.54) is 5.56 Å². The zero-order valence-corrected chi connectivity index (χ0v) is 12.0. The molecule has 2 aromatic carbocycles. The van der Waals surface area contributed by atoms with Gasteiger partial charge in [0.1, 0.15) is 6.04 Å². The molecule has 108 valence electrons. The van der Waals surface area contributed by atoms with Gasteiger partial charge in [0.15, 0.2) is 0 Å². The number of hydrogen-bond acceptors (Lipinski definition) is 3. The lowest BCUT2D eigenvalue weighted by Gasteiger charge is -2.26. The lowest BCUT2D eigenvalue weighted by molar-refractivity contribution is -0.117. The van der Waals surface area contributed by atoms with Crippen LogP contribution >= 0.6 is 0 Å². The third-order valence-electron chi connectivity index (χ3n) is 3.92. The van der Waals surface area contributed by atoms with Crippen molar-refractivity contribution < 1.29 is 4.79 Å². The SMILES string of the molecule is CC(C(=O)Nc1cccc(N)c1)N1CCc2ccccc21. The molecule has 0 fully saturated rings. The van der Waals surface area contributed by atoms with Gasteiger partial charge in [0.25, 0.3) is 0 Å². The van der Waals surface area contributed by atoms with Gasteiger partial charge in [-0.1, -0.05) is 24.3 Å². The van der Waals surface area contributed by atoms with Crippen molar-refractivity contribution in [1.29, 1.82) is 0 Å². The lowest BCUT2D eigenvalue weighted by atomic mass is 10.1. The highest BCUT2D eigenvalue weighted by Crippen LogP contribution is 2.29. The van der Waals surface area contributed by atoms with Crippen molar-refractivity contribution in [3.05, 3.63) is 54.1 Å². The highest BCUT2D eigenvalue weighted by Gasteiger charge is 2.27. The number of benzene rings is 2. The van der Waals surface area contributed by atoms with Gasteiger partial charge in [-0.15, -0.1) is 0 Å². The van der Waals surface area contributed by atoms with E-state index in [-0.39, 0.29) is 11.9 Å². The second-order valence-corrected chi connectivity index (χ2v) is 5.36. The number of carbonyl (C=O) groups is 1. The first-order valence-corrected chi connectivity index (χ1v) is 7.16. The van der Waals surface area contributed by atoms with E-state index < -0.39 is 0 Å². The summed E-state index contributed by atoms with van der Waals surface area (Å²) in [4.78, 5) is 14.6. The predicted molar refractivity (Wildman–Crippen MR) is 86.4 cm³/mol. The zero-order chi connectivity index (χ0) is 14.8. The van der Waals surface area contributed by atoms with Gasteiger partial charge in [-0.05, 0) is 43.2 Å². The summed E-state index contributed by atoms with van der Waals surface area (Å²) in [5.41, 5.74) is 9.58. The molecule has 1 aliphatic rings. The number of nitrogens with two attached hydrogens (primary N) is 1. The second kappa shape index (κ2) is 5.48. The summed E-state index contributed by atoms with van der Waals surface area (Å²) in [7, 11) is 0. The van der Waals surface area contributed by atoms with E-state index in [9.17, 15) is 4.79 Å². The van der Waals surface area contributed by atoms with Crippen molar-refractivity contribution in [1.82, 2.24) is 0 Å². The Bertz CT molecular complexity index is 669. The molecular weight excluding hydrogens is 262 g/mol. The minimum atomic E-state index is -0.213. The van der Waals surface area contributed by atoms with Gasteiger partial charge in [0.2, 0.25) is 5.91 Å². The molecule has 0 radical (unpaired) electrons. The quantitative estimate of drug-likeness (QED) is 0.850. The molecule has 1 amide bonds. The minimum absolute atomic E-state index is 0.0164. The molecule has 1 heterocycles. The number of carbonyl (C=O) groups excluding carboxylic acids is 1. The van der Waals surface area contributed by atoms with Crippen molar-refractivity contribution in [2.45, 2.75) is 19.4 Å². The van der Waals surface area contributed by atoms with E-state index in [1.807, 2.05) is 31.2 Å². The fourth-order valence-corrected chi connectivity index (χ4v) is 2.77. The van der Waals surface area contributed by atoms with E-state index in [1.54, 1.807) is 12.1 Å². The highest BCUT2D eigenvalue weighted by atomic mass is 16.2. The molecule has 1 aliphatic heterocycles. The smallest absolute Gasteiger partial charge is 0.246 e. The van der Waals surface area contributed by atoms with Crippen LogP contribution in [0.15, 0.2) is 48.5 Å². The van der Waals surface area contributed by atoms with E-state index in [0.717, 1.165) is 24.3 Å². The minimum Gasteiger partial charge on any atom is -0.399 e. The molecule has 0 aliphatic carbocycles. The summed E-state index contributed by atoms with van der Waals surface area (Å²) < 4.78 is 0. The summed E-state index contributed by atoms with van der Waals surface area (Å²) in [5, 5.41) is 2.93. The van der Waals surface area contributed by atoms with Crippen LogP contribution in [-0.2, 0) is 11.2 Å². The standard InChI is InChI=1S/C17H19N3O/c1-12(17(21)19-15-7-4-6-14(18)11-15)20-10-9-13-5-2-3-8-16(13)20/h2-8,11-12H,9-10,18H2,1H3,(H,19,21). The number of fused-ring (bicyclic) bond motifs is 1. The molecule has 0 spiro atoms. The molecule has 3 N–H and O–H groups in total. The van der Waals surface area contributed by atoms with Crippen LogP contribution < -0.4 is 16.0 Å². The Balaban J connectivity index is 1.74. The molecule has 0 aromatic heterocycles. The summed E-state index contributed by atoms with van der Waals surface area (Å²) in [6.45, 7) is 2.81. The maximum atomic E-state index is 12.4. The molecule has 0 saturated carbocycles. The maximum absolute atomic E-state index is 12.4. The third-order valence-corrected chi connectivity index (χ3v) is 3.92. The molecule has 21 heavy (non-hydrogen) atoms. The number of rotatable bonds is 3. The first kappa shape index (κ1) is 13.5. The van der Waals surface area contributed by atoms with Gasteiger partial charge in [-0.2, -0.15) is 0 Å². The summed E-state index contributed by atoms with van der Waals surface area (Å²) in [6.07, 6.45) is 0.992. The molecule has 0 bridgehead atoms. The number of nitrogens with zero attached hydrogens (tertiary/aromatic N) is 1. The summed E-state index contributed by atoms with van der Waals surface area (Å²) in [5.74, 6) is -0.0164. The molecule has 1 atom stereocenters. The van der Waals surface area contributed by atoms with Crippen molar-refractivity contribution in [3.8, 4) is 0 Å². The Kier molecular flexibility index (Phi) is 3.52. The van der Waals surface area contributed by atoms with Crippen molar-refractivity contribution in [3.63, 3.8) is 0 Å². The Morgan fingerprint density at radius 3 is 2.86 bits per heavy atom. The van der Waals surface area contributed by atoms with Crippen LogP contribution in [0, 0.1) is 0 Å². The van der Waals surface area contributed by atoms with Gasteiger partial charge in [0, 0.05) is 23.6 Å². The largest absolute Gasteiger partial charge is 0.399 e. The van der Waals surface area contributed by atoms with Crippen molar-refractivity contribution in [2.24, 2.45) is 0 Å². The topological polar surface area (TPSA) is 58.4 Å². The predicted octanol–water partition coefficient (Wildman–Crippen LogP) is 2.66. The maximum Gasteiger partial charge on any atom is 0.246 e. The lowest BCUT2D eigenvalue weighted by Crippen LogP contribution is -2.41. The normalized spacial score (nSPS) is 14.6. The van der Waals surface area contributed by atoms with Crippen LogP contribution in [0.4, 0.5) is 17.1 Å². The van der Waals surface area contributed by atoms with E-state index >= 15 is 0 Å². The van der Waals surface area contributed by atoms with Crippen LogP contribution in [0.5, 0.6) is 0 Å². The molecule has 4 nitrogen and oxygen atoms in total. The monoisotopic (exact) mass is 281 g/mol. The van der Waals surface area contributed by atoms with Crippen molar-refractivity contribution in [2.75, 3.05) is 22.5 Å². The number of nitrogen functional groups attached to an aromatic ring is 1. The van der Waals surface area contributed by atoms with Gasteiger partial charge in [0.05, 0.1) is 0 Å². The Morgan fingerprint density at radius 2 is 2.05 bits per heavy atom. The highest BCUT2D eigenvalue weighted by molar-refractivity contribution is 5.97. The molecule has 0 saturated heterocycles. The number of hydrogen-bond donors (Lipinski definition) is 2. The van der Waals surface area contributed by atoms with Gasteiger partial charge < -0.3 is 16.0 Å². The van der Waals surface area contributed by atoms with Crippen LogP contribution in [0.1, 0.15) is 12.5 Å². The van der Waals surface area contributed by atoms with Gasteiger partial charge >= 0.3 is 0 Å². The van der Waals surface area contributed by atoms with Gasteiger partial charge in [-0.3, -0.25) is 4.79 Å². The third kappa shape index (κ3) is 2.70. The van der Waals surface area contributed by atoms with Crippen LogP contribution in [-0.4, -0.2) is 18.5 Å². The average Bonchev–Trinajstić information content (AvgIpc) is 2.90. The fraction of sp³-hybridized carbons (Fsp3) is 0.235. The second-order valence-electron chi connectivity index (χ2n) is 5.36. The first-order valence-electron chi connectivity index (χ1n) is 7.16. The van der Waals surface area contributed by atoms with E-state index in [4.69, 9.17) is 5.73 Å². The Hall–Kier alpha value is -2.49.